The molecule has 1 aromatic rings. The van der Waals surface area contributed by atoms with E-state index in [0.717, 1.165) is 31.7 Å². The largest absolute Gasteiger partial charge is 0.493 e. The van der Waals surface area contributed by atoms with Crippen LogP contribution in [-0.4, -0.2) is 26.2 Å². The molecule has 0 spiro atoms. The minimum atomic E-state index is -0.141. The van der Waals surface area contributed by atoms with E-state index in [4.69, 9.17) is 9.47 Å². The van der Waals surface area contributed by atoms with Crippen molar-refractivity contribution in [2.24, 2.45) is 5.92 Å². The lowest BCUT2D eigenvalue weighted by Gasteiger charge is -2.13. The van der Waals surface area contributed by atoms with E-state index in [-0.39, 0.29) is 11.9 Å². The maximum absolute atomic E-state index is 11.5. The van der Waals surface area contributed by atoms with Crippen molar-refractivity contribution in [2.45, 2.75) is 26.3 Å². The van der Waals surface area contributed by atoms with Crippen LogP contribution in [0, 0.1) is 5.92 Å². The predicted octanol–water partition coefficient (Wildman–Crippen LogP) is 1.91. The summed E-state index contributed by atoms with van der Waals surface area (Å²) in [4.78, 5) is 11.5. The van der Waals surface area contributed by atoms with Gasteiger partial charge in [0.15, 0.2) is 0 Å². The molecular weight excluding hydrogens is 242 g/mol. The van der Waals surface area contributed by atoms with Crippen LogP contribution >= 0.6 is 0 Å². The summed E-state index contributed by atoms with van der Waals surface area (Å²) < 4.78 is 10.2. The van der Waals surface area contributed by atoms with Crippen molar-refractivity contribution in [1.29, 1.82) is 0 Å². The van der Waals surface area contributed by atoms with E-state index in [1.165, 1.54) is 18.2 Å². The molecule has 19 heavy (non-hydrogen) atoms. The molecule has 0 bridgehead atoms. The summed E-state index contributed by atoms with van der Waals surface area (Å²) in [7, 11) is 1.44. The van der Waals surface area contributed by atoms with Gasteiger partial charge < -0.3 is 14.8 Å². The summed E-state index contributed by atoms with van der Waals surface area (Å²) in [6.07, 6.45) is 1.78. The van der Waals surface area contributed by atoms with E-state index >= 15 is 0 Å². The molecule has 1 aromatic carbocycles. The fourth-order valence-electron chi connectivity index (χ4n) is 2.30. The summed E-state index contributed by atoms with van der Waals surface area (Å²) in [6.45, 7) is 4.19. The van der Waals surface area contributed by atoms with Crippen LogP contribution in [0.15, 0.2) is 18.2 Å². The van der Waals surface area contributed by atoms with Gasteiger partial charge in [0.25, 0.3) is 0 Å². The fraction of sp³-hybridized carbons (Fsp3) is 0.533. The predicted molar refractivity (Wildman–Crippen MR) is 73.1 cm³/mol. The van der Waals surface area contributed by atoms with E-state index in [2.05, 4.69) is 17.4 Å². The lowest BCUT2D eigenvalue weighted by atomic mass is 10.1. The van der Waals surface area contributed by atoms with Crippen LogP contribution < -0.4 is 10.1 Å². The molecule has 0 aliphatic carbocycles. The Hall–Kier alpha value is -1.55. The topological polar surface area (TPSA) is 47.6 Å². The lowest BCUT2D eigenvalue weighted by molar-refractivity contribution is -0.145. The molecule has 0 fully saturated rings. The van der Waals surface area contributed by atoms with Crippen LogP contribution in [0.3, 0.4) is 0 Å². The number of hydrogen-bond acceptors (Lipinski definition) is 4. The highest BCUT2D eigenvalue weighted by atomic mass is 16.5. The Morgan fingerprint density at radius 2 is 2.37 bits per heavy atom. The van der Waals surface area contributed by atoms with Crippen LogP contribution in [0.5, 0.6) is 5.75 Å². The summed E-state index contributed by atoms with van der Waals surface area (Å²) in [6, 6.07) is 6.27. The van der Waals surface area contributed by atoms with Crippen molar-refractivity contribution in [1.82, 2.24) is 5.32 Å². The van der Waals surface area contributed by atoms with Crippen LogP contribution in [-0.2, 0) is 22.5 Å². The average molecular weight is 263 g/mol. The van der Waals surface area contributed by atoms with E-state index in [0.29, 0.717) is 6.54 Å². The summed E-state index contributed by atoms with van der Waals surface area (Å²) >= 11 is 0. The standard InChI is InChI=1S/C15H21NO3/c1-3-12(15(17)18-2)10-16-9-11-4-5-14-13(8-11)6-7-19-14/h4-5,8,12,16H,3,6-7,9-10H2,1-2H3. The van der Waals surface area contributed by atoms with Crippen LogP contribution in [0.2, 0.25) is 0 Å². The number of rotatable bonds is 6. The molecule has 2 rings (SSSR count). The second-order valence-electron chi connectivity index (χ2n) is 4.80. The maximum Gasteiger partial charge on any atom is 0.309 e. The smallest absolute Gasteiger partial charge is 0.309 e. The molecule has 1 unspecified atom stereocenters. The summed E-state index contributed by atoms with van der Waals surface area (Å²) in [5.74, 6) is 0.796. The molecule has 0 saturated carbocycles. The van der Waals surface area contributed by atoms with Crippen LogP contribution in [0.4, 0.5) is 0 Å². The number of benzene rings is 1. The molecular formula is C15H21NO3. The zero-order valence-electron chi connectivity index (χ0n) is 11.6. The van der Waals surface area contributed by atoms with Gasteiger partial charge in [-0.05, 0) is 23.6 Å². The Labute approximate surface area is 114 Å². The molecule has 1 N–H and O–H groups in total. The van der Waals surface area contributed by atoms with Gasteiger partial charge in [-0.3, -0.25) is 4.79 Å². The van der Waals surface area contributed by atoms with Gasteiger partial charge in [0.1, 0.15) is 5.75 Å². The monoisotopic (exact) mass is 263 g/mol. The molecule has 1 atom stereocenters. The number of ether oxygens (including phenoxy) is 2. The van der Waals surface area contributed by atoms with E-state index in [1.807, 2.05) is 13.0 Å². The second kappa shape index (κ2) is 6.57. The van der Waals surface area contributed by atoms with Crippen molar-refractivity contribution in [3.8, 4) is 5.75 Å². The van der Waals surface area contributed by atoms with E-state index in [1.54, 1.807) is 0 Å². The Morgan fingerprint density at radius 3 is 3.11 bits per heavy atom. The maximum atomic E-state index is 11.5. The number of hydrogen-bond donors (Lipinski definition) is 1. The Kier molecular flexibility index (Phi) is 4.80. The zero-order chi connectivity index (χ0) is 13.7. The van der Waals surface area contributed by atoms with Gasteiger partial charge in [-0.1, -0.05) is 19.1 Å². The molecule has 0 aromatic heterocycles. The Morgan fingerprint density at radius 1 is 1.53 bits per heavy atom. The molecule has 0 saturated heterocycles. The molecule has 0 radical (unpaired) electrons. The van der Waals surface area contributed by atoms with E-state index in [9.17, 15) is 4.79 Å². The third-order valence-corrected chi connectivity index (χ3v) is 3.50. The molecule has 1 heterocycles. The molecule has 4 nitrogen and oxygen atoms in total. The molecule has 104 valence electrons. The number of carbonyl (C=O) groups excluding carboxylic acids is 1. The van der Waals surface area contributed by atoms with Crippen molar-refractivity contribution < 1.29 is 14.3 Å². The Balaban J connectivity index is 1.84. The quantitative estimate of drug-likeness (QED) is 0.796. The molecule has 0 amide bonds. The molecule has 4 heteroatoms. The van der Waals surface area contributed by atoms with Crippen LogP contribution in [0.25, 0.3) is 0 Å². The van der Waals surface area contributed by atoms with Gasteiger partial charge in [-0.2, -0.15) is 0 Å². The first-order chi connectivity index (χ1) is 9.24. The number of carbonyl (C=O) groups is 1. The van der Waals surface area contributed by atoms with Gasteiger partial charge in [0, 0.05) is 19.5 Å². The first-order valence-corrected chi connectivity index (χ1v) is 6.77. The van der Waals surface area contributed by atoms with Gasteiger partial charge >= 0.3 is 5.97 Å². The molecule has 1 aliphatic heterocycles. The van der Waals surface area contributed by atoms with Crippen molar-refractivity contribution in [2.75, 3.05) is 20.3 Å². The highest BCUT2D eigenvalue weighted by Gasteiger charge is 2.16. The average Bonchev–Trinajstić information content (AvgIpc) is 2.90. The Bertz CT molecular complexity index is 445. The number of fused-ring (bicyclic) bond motifs is 1. The number of methoxy groups -OCH3 is 1. The third kappa shape index (κ3) is 3.47. The fourth-order valence-corrected chi connectivity index (χ4v) is 2.30. The lowest BCUT2D eigenvalue weighted by Crippen LogP contribution is -2.28. The highest BCUT2D eigenvalue weighted by molar-refractivity contribution is 5.72. The first kappa shape index (κ1) is 13.9. The van der Waals surface area contributed by atoms with Gasteiger partial charge in [-0.25, -0.2) is 0 Å². The third-order valence-electron chi connectivity index (χ3n) is 3.50. The second-order valence-corrected chi connectivity index (χ2v) is 4.80. The first-order valence-electron chi connectivity index (χ1n) is 6.77. The molecule has 1 aliphatic rings. The van der Waals surface area contributed by atoms with Crippen LogP contribution in [0.1, 0.15) is 24.5 Å². The summed E-state index contributed by atoms with van der Waals surface area (Å²) in [5, 5.41) is 3.32. The number of esters is 1. The van der Waals surface area contributed by atoms with Gasteiger partial charge in [0.2, 0.25) is 0 Å². The normalized spacial score (nSPS) is 14.6. The van der Waals surface area contributed by atoms with Crippen molar-refractivity contribution in [3.63, 3.8) is 0 Å². The van der Waals surface area contributed by atoms with Gasteiger partial charge in [-0.15, -0.1) is 0 Å². The number of nitrogens with one attached hydrogen (secondary N) is 1. The minimum Gasteiger partial charge on any atom is -0.493 e. The van der Waals surface area contributed by atoms with Gasteiger partial charge in [0.05, 0.1) is 19.6 Å². The highest BCUT2D eigenvalue weighted by Crippen LogP contribution is 2.25. The minimum absolute atomic E-state index is 0.0669. The van der Waals surface area contributed by atoms with E-state index < -0.39 is 0 Å². The summed E-state index contributed by atoms with van der Waals surface area (Å²) in [5.41, 5.74) is 2.50. The van der Waals surface area contributed by atoms with Crippen molar-refractivity contribution in [3.05, 3.63) is 29.3 Å². The SMILES string of the molecule is CCC(CNCc1ccc2c(c1)CCO2)C(=O)OC. The zero-order valence-corrected chi connectivity index (χ0v) is 11.6. The van der Waals surface area contributed by atoms with Crippen molar-refractivity contribution >= 4 is 5.97 Å².